The lowest BCUT2D eigenvalue weighted by molar-refractivity contribution is 0.0714. The zero-order valence-corrected chi connectivity index (χ0v) is 10.1. The summed E-state index contributed by atoms with van der Waals surface area (Å²) >= 11 is 0. The first-order chi connectivity index (χ1) is 8.30. The van der Waals surface area contributed by atoms with Crippen LogP contribution >= 0.6 is 0 Å². The Kier molecular flexibility index (Phi) is 4.09. The quantitative estimate of drug-likeness (QED) is 0.657. The predicted molar refractivity (Wildman–Crippen MR) is 60.7 cm³/mol. The average Bonchev–Trinajstić information content (AvgIpc) is 3.02. The second kappa shape index (κ2) is 5.57. The molecule has 0 aromatic carbocycles. The summed E-state index contributed by atoms with van der Waals surface area (Å²) in [5.74, 6) is 1.38. The van der Waals surface area contributed by atoms with Gasteiger partial charge in [0.1, 0.15) is 0 Å². The van der Waals surface area contributed by atoms with E-state index >= 15 is 0 Å². The molecule has 1 saturated carbocycles. The zero-order chi connectivity index (χ0) is 12.1. The number of hydrogen-bond donors (Lipinski definition) is 1. The van der Waals surface area contributed by atoms with Crippen molar-refractivity contribution in [2.45, 2.75) is 24.7 Å². The lowest BCUT2D eigenvalue weighted by atomic mass is 10.1. The monoisotopic (exact) mass is 241 g/mol. The zero-order valence-electron chi connectivity index (χ0n) is 10.1. The summed E-state index contributed by atoms with van der Waals surface area (Å²) in [5, 5.41) is 3.94. The molecule has 1 heterocycles. The summed E-state index contributed by atoms with van der Waals surface area (Å²) in [6.07, 6.45) is 2.76. The Balaban J connectivity index is 1.75. The van der Waals surface area contributed by atoms with Crippen LogP contribution in [0.25, 0.3) is 0 Å². The molecule has 0 amide bonds. The Morgan fingerprint density at radius 3 is 2.82 bits per heavy atom. The van der Waals surface area contributed by atoms with Crippen LogP contribution in [0.1, 0.15) is 24.6 Å². The van der Waals surface area contributed by atoms with Crippen molar-refractivity contribution in [3.05, 3.63) is 11.7 Å². The number of nitrogens with two attached hydrogens (primary N) is 1. The lowest BCUT2D eigenvalue weighted by Crippen LogP contribution is -2.20. The highest BCUT2D eigenvalue weighted by molar-refractivity contribution is 5.16. The van der Waals surface area contributed by atoms with Crippen LogP contribution in [0.5, 0.6) is 0 Å². The van der Waals surface area contributed by atoms with Gasteiger partial charge in [-0.05, 0) is 12.8 Å². The van der Waals surface area contributed by atoms with Gasteiger partial charge in [0.05, 0.1) is 25.2 Å². The molecule has 1 fully saturated rings. The van der Waals surface area contributed by atoms with Crippen LogP contribution in [0.2, 0.25) is 0 Å². The van der Waals surface area contributed by atoms with Gasteiger partial charge >= 0.3 is 0 Å². The van der Waals surface area contributed by atoms with Gasteiger partial charge in [-0.1, -0.05) is 5.16 Å². The minimum Gasteiger partial charge on any atom is -0.382 e. The van der Waals surface area contributed by atoms with Gasteiger partial charge in [-0.3, -0.25) is 0 Å². The first kappa shape index (κ1) is 12.5. The van der Waals surface area contributed by atoms with Crippen molar-refractivity contribution < 1.29 is 14.0 Å². The van der Waals surface area contributed by atoms with Gasteiger partial charge < -0.3 is 19.7 Å². The molecule has 1 aromatic heterocycles. The molecule has 0 atom stereocenters. The van der Waals surface area contributed by atoms with Crippen molar-refractivity contribution in [2.75, 3.05) is 33.5 Å². The first-order valence-corrected chi connectivity index (χ1v) is 5.90. The van der Waals surface area contributed by atoms with Crippen LogP contribution < -0.4 is 5.73 Å². The van der Waals surface area contributed by atoms with Crippen LogP contribution in [-0.4, -0.2) is 43.6 Å². The van der Waals surface area contributed by atoms with Crippen molar-refractivity contribution in [3.63, 3.8) is 0 Å². The highest BCUT2D eigenvalue weighted by Gasteiger charge is 2.48. The molecule has 1 aliphatic rings. The maximum Gasteiger partial charge on any atom is 0.234 e. The molecule has 0 aliphatic heterocycles. The summed E-state index contributed by atoms with van der Waals surface area (Å²) < 4.78 is 15.5. The topological polar surface area (TPSA) is 83.4 Å². The number of ether oxygens (including phenoxy) is 2. The van der Waals surface area contributed by atoms with Crippen LogP contribution in [0.3, 0.4) is 0 Å². The minimum absolute atomic E-state index is 0.0256. The van der Waals surface area contributed by atoms with E-state index in [1.807, 2.05) is 0 Å². The van der Waals surface area contributed by atoms with Gasteiger partial charge in [0.25, 0.3) is 0 Å². The fraction of sp³-hybridized carbons (Fsp3) is 0.818. The smallest absolute Gasteiger partial charge is 0.234 e. The predicted octanol–water partition coefficient (Wildman–Crippen LogP) is 0.265. The number of rotatable bonds is 8. The molecule has 2 rings (SSSR count). The number of methoxy groups -OCH3 is 1. The Morgan fingerprint density at radius 2 is 2.18 bits per heavy atom. The van der Waals surface area contributed by atoms with Gasteiger partial charge in [-0.25, -0.2) is 0 Å². The van der Waals surface area contributed by atoms with Gasteiger partial charge in [0.15, 0.2) is 5.82 Å². The molecule has 1 aliphatic carbocycles. The molecular formula is C11H19N3O3. The first-order valence-electron chi connectivity index (χ1n) is 5.90. The summed E-state index contributed by atoms with van der Waals surface area (Å²) in [7, 11) is 1.65. The Morgan fingerprint density at radius 1 is 1.35 bits per heavy atom. The van der Waals surface area contributed by atoms with Gasteiger partial charge in [-0.2, -0.15) is 4.98 Å². The SMILES string of the molecule is COCCOCCc1noc(C2(CN)CC2)n1. The molecule has 6 nitrogen and oxygen atoms in total. The highest BCUT2D eigenvalue weighted by Crippen LogP contribution is 2.46. The normalized spacial score (nSPS) is 17.3. The Labute approximate surface area is 100 Å². The lowest BCUT2D eigenvalue weighted by Gasteiger charge is -2.03. The molecule has 1 aromatic rings. The van der Waals surface area contributed by atoms with E-state index in [9.17, 15) is 0 Å². The van der Waals surface area contributed by atoms with E-state index in [0.29, 0.717) is 44.5 Å². The number of aromatic nitrogens is 2. The van der Waals surface area contributed by atoms with Gasteiger partial charge in [-0.15, -0.1) is 0 Å². The average molecular weight is 241 g/mol. The maximum absolute atomic E-state index is 5.70. The largest absolute Gasteiger partial charge is 0.382 e. The van der Waals surface area contributed by atoms with E-state index < -0.39 is 0 Å². The van der Waals surface area contributed by atoms with Crippen molar-refractivity contribution >= 4 is 0 Å². The summed E-state index contributed by atoms with van der Waals surface area (Å²) in [5.41, 5.74) is 5.67. The second-order valence-corrected chi connectivity index (χ2v) is 4.36. The van der Waals surface area contributed by atoms with E-state index in [1.54, 1.807) is 7.11 Å². The number of hydrogen-bond acceptors (Lipinski definition) is 6. The van der Waals surface area contributed by atoms with Crippen LogP contribution in [-0.2, 0) is 21.3 Å². The molecular weight excluding hydrogens is 222 g/mol. The summed E-state index contributed by atoms with van der Waals surface area (Å²) in [6, 6.07) is 0. The van der Waals surface area contributed by atoms with Gasteiger partial charge in [0.2, 0.25) is 5.89 Å². The molecule has 96 valence electrons. The van der Waals surface area contributed by atoms with Crippen LogP contribution in [0, 0.1) is 0 Å². The van der Waals surface area contributed by atoms with E-state index in [2.05, 4.69) is 10.1 Å². The van der Waals surface area contributed by atoms with E-state index in [1.165, 1.54) is 0 Å². The fourth-order valence-electron chi connectivity index (χ4n) is 1.63. The van der Waals surface area contributed by atoms with Crippen molar-refractivity contribution in [2.24, 2.45) is 5.73 Å². The van der Waals surface area contributed by atoms with Crippen LogP contribution in [0.4, 0.5) is 0 Å². The van der Waals surface area contributed by atoms with Gasteiger partial charge in [0, 0.05) is 20.1 Å². The fourth-order valence-corrected chi connectivity index (χ4v) is 1.63. The molecule has 2 N–H and O–H groups in total. The van der Waals surface area contributed by atoms with Crippen molar-refractivity contribution in [3.8, 4) is 0 Å². The third kappa shape index (κ3) is 3.02. The van der Waals surface area contributed by atoms with Crippen LogP contribution in [0.15, 0.2) is 4.52 Å². The molecule has 17 heavy (non-hydrogen) atoms. The van der Waals surface area contributed by atoms with E-state index in [4.69, 9.17) is 19.7 Å². The number of nitrogens with zero attached hydrogens (tertiary/aromatic N) is 2. The minimum atomic E-state index is -0.0256. The van der Waals surface area contributed by atoms with E-state index in [-0.39, 0.29) is 5.41 Å². The molecule has 0 unspecified atom stereocenters. The highest BCUT2D eigenvalue weighted by atomic mass is 16.5. The summed E-state index contributed by atoms with van der Waals surface area (Å²) in [6.45, 7) is 2.36. The second-order valence-electron chi connectivity index (χ2n) is 4.36. The standard InChI is InChI=1S/C11H19N3O3/c1-15-6-7-16-5-2-9-13-10(17-14-9)11(8-12)3-4-11/h2-8,12H2,1H3. The molecule has 0 saturated heterocycles. The molecule has 6 heteroatoms. The Bertz CT molecular complexity index is 349. The third-order valence-electron chi connectivity index (χ3n) is 3.07. The third-order valence-corrected chi connectivity index (χ3v) is 3.07. The van der Waals surface area contributed by atoms with E-state index in [0.717, 1.165) is 12.8 Å². The summed E-state index contributed by atoms with van der Waals surface area (Å²) in [4.78, 5) is 4.36. The van der Waals surface area contributed by atoms with Crippen molar-refractivity contribution in [1.29, 1.82) is 0 Å². The molecule has 0 spiro atoms. The molecule has 0 bridgehead atoms. The molecule has 0 radical (unpaired) electrons. The van der Waals surface area contributed by atoms with Crippen molar-refractivity contribution in [1.82, 2.24) is 10.1 Å². The Hall–Kier alpha value is -0.980. The maximum atomic E-state index is 5.70.